The molecule has 1 fully saturated rings. The summed E-state index contributed by atoms with van der Waals surface area (Å²) in [5.74, 6) is 1.34. The van der Waals surface area contributed by atoms with E-state index in [2.05, 4.69) is 0 Å². The fourth-order valence-electron chi connectivity index (χ4n) is 3.31. The molecule has 1 aliphatic rings. The molecule has 2 aromatic rings. The summed E-state index contributed by atoms with van der Waals surface area (Å²) in [5, 5.41) is 0.0681. The second-order valence-electron chi connectivity index (χ2n) is 9.33. The first-order valence-corrected chi connectivity index (χ1v) is 12.6. The van der Waals surface area contributed by atoms with Gasteiger partial charge in [0.1, 0.15) is 18.3 Å². The van der Waals surface area contributed by atoms with Crippen LogP contribution in [0.4, 0.5) is 0 Å². The van der Waals surface area contributed by atoms with Crippen molar-refractivity contribution in [2.24, 2.45) is 0 Å². The standard InChI is InChI=1S/C25H35BO6S/c1-8-28-17-29-16-19-15-21(30-20-9-12-22(13-10-20)33(27)18(2)3)11-14-23(19)26-31-24(4,5)25(6,7)32-26/h9-15,18H,8,16-17H2,1-7H3. The third kappa shape index (κ3) is 6.25. The van der Waals surface area contributed by atoms with Gasteiger partial charge >= 0.3 is 7.12 Å². The minimum absolute atomic E-state index is 0.0681. The molecule has 2 aromatic carbocycles. The fourth-order valence-corrected chi connectivity index (χ4v) is 4.26. The molecule has 0 bridgehead atoms. The average molecular weight is 474 g/mol. The van der Waals surface area contributed by atoms with Gasteiger partial charge in [0.15, 0.2) is 0 Å². The van der Waals surface area contributed by atoms with E-state index in [0.717, 1.165) is 15.9 Å². The van der Waals surface area contributed by atoms with Crippen molar-refractivity contribution in [3.8, 4) is 11.5 Å². The minimum Gasteiger partial charge on any atom is -0.457 e. The summed E-state index contributed by atoms with van der Waals surface area (Å²) in [6.07, 6.45) is 0. The molecule has 0 radical (unpaired) electrons. The Morgan fingerprint density at radius 1 is 0.939 bits per heavy atom. The third-order valence-corrected chi connectivity index (χ3v) is 7.56. The Bertz CT molecular complexity index is 942. The van der Waals surface area contributed by atoms with Gasteiger partial charge in [0, 0.05) is 16.8 Å². The van der Waals surface area contributed by atoms with Crippen molar-refractivity contribution in [2.45, 2.75) is 76.4 Å². The molecule has 0 spiro atoms. The zero-order chi connectivity index (χ0) is 24.2. The zero-order valence-electron chi connectivity index (χ0n) is 20.7. The van der Waals surface area contributed by atoms with Crippen LogP contribution in [-0.2, 0) is 36.2 Å². The quantitative estimate of drug-likeness (QED) is 0.280. The van der Waals surface area contributed by atoms with Crippen molar-refractivity contribution in [3.05, 3.63) is 48.0 Å². The summed E-state index contributed by atoms with van der Waals surface area (Å²) < 4.78 is 41.9. The molecule has 0 N–H and O–H groups in total. The maximum Gasteiger partial charge on any atom is 0.495 e. The van der Waals surface area contributed by atoms with Crippen LogP contribution >= 0.6 is 0 Å². The highest BCUT2D eigenvalue weighted by Gasteiger charge is 2.52. The number of ether oxygens (including phenoxy) is 3. The highest BCUT2D eigenvalue weighted by atomic mass is 32.2. The van der Waals surface area contributed by atoms with E-state index in [1.165, 1.54) is 0 Å². The summed E-state index contributed by atoms with van der Waals surface area (Å²) in [4.78, 5) is 0.790. The predicted molar refractivity (Wildman–Crippen MR) is 132 cm³/mol. The lowest BCUT2D eigenvalue weighted by molar-refractivity contribution is -0.0570. The molecule has 0 aromatic heterocycles. The van der Waals surface area contributed by atoms with Gasteiger partial charge in [-0.25, -0.2) is 0 Å². The lowest BCUT2D eigenvalue weighted by Gasteiger charge is -2.32. The van der Waals surface area contributed by atoms with Crippen molar-refractivity contribution < 1.29 is 27.7 Å². The summed E-state index contributed by atoms with van der Waals surface area (Å²) >= 11 is 0. The van der Waals surface area contributed by atoms with Crippen LogP contribution in [0, 0.1) is 0 Å². The third-order valence-electron chi connectivity index (χ3n) is 5.97. The van der Waals surface area contributed by atoms with Gasteiger partial charge in [0.25, 0.3) is 0 Å². The van der Waals surface area contributed by atoms with Crippen molar-refractivity contribution in [1.82, 2.24) is 0 Å². The van der Waals surface area contributed by atoms with Crippen molar-refractivity contribution in [3.63, 3.8) is 0 Å². The lowest BCUT2D eigenvalue weighted by Crippen LogP contribution is -2.41. The molecular formula is C25H35BO6S. The second kappa shape index (κ2) is 10.7. The molecule has 1 heterocycles. The Balaban J connectivity index is 1.81. The van der Waals surface area contributed by atoms with Gasteiger partial charge in [-0.05, 0) is 82.0 Å². The van der Waals surface area contributed by atoms with E-state index < -0.39 is 29.1 Å². The van der Waals surface area contributed by atoms with Crippen molar-refractivity contribution >= 4 is 23.4 Å². The van der Waals surface area contributed by atoms with Crippen LogP contribution in [0.2, 0.25) is 0 Å². The second-order valence-corrected chi connectivity index (χ2v) is 11.3. The molecule has 1 saturated heterocycles. The number of benzene rings is 2. The molecule has 0 amide bonds. The summed E-state index contributed by atoms with van der Waals surface area (Å²) in [7, 11) is -1.53. The van der Waals surface area contributed by atoms with E-state index in [1.807, 2.05) is 90.9 Å². The monoisotopic (exact) mass is 474 g/mol. The Morgan fingerprint density at radius 3 is 2.12 bits per heavy atom. The Morgan fingerprint density at radius 2 is 1.55 bits per heavy atom. The Hall–Kier alpha value is -1.71. The highest BCUT2D eigenvalue weighted by Crippen LogP contribution is 2.37. The minimum atomic E-state index is -1.03. The van der Waals surface area contributed by atoms with Crippen LogP contribution < -0.4 is 10.2 Å². The zero-order valence-corrected chi connectivity index (χ0v) is 21.5. The first kappa shape index (κ1) is 25.9. The van der Waals surface area contributed by atoms with E-state index in [9.17, 15) is 4.21 Å². The van der Waals surface area contributed by atoms with E-state index in [1.54, 1.807) is 0 Å². The number of hydrogen-bond donors (Lipinski definition) is 0. The molecular weight excluding hydrogens is 439 g/mol. The first-order valence-electron chi connectivity index (χ1n) is 11.4. The smallest absolute Gasteiger partial charge is 0.457 e. The van der Waals surface area contributed by atoms with Gasteiger partial charge in [0.2, 0.25) is 0 Å². The van der Waals surface area contributed by atoms with Crippen LogP contribution in [0.1, 0.15) is 54.0 Å². The molecule has 0 aliphatic carbocycles. The summed E-state index contributed by atoms with van der Waals surface area (Å²) in [6, 6.07) is 13.1. The van der Waals surface area contributed by atoms with Crippen LogP contribution in [0.3, 0.4) is 0 Å². The Labute approximate surface area is 200 Å². The normalized spacial score (nSPS) is 18.0. The molecule has 0 saturated carbocycles. The average Bonchev–Trinajstić information content (AvgIpc) is 2.98. The number of rotatable bonds is 10. The number of hydrogen-bond acceptors (Lipinski definition) is 6. The molecule has 3 rings (SSSR count). The van der Waals surface area contributed by atoms with Crippen molar-refractivity contribution in [1.29, 1.82) is 0 Å². The van der Waals surface area contributed by atoms with Crippen molar-refractivity contribution in [2.75, 3.05) is 13.4 Å². The fraction of sp³-hybridized carbons (Fsp3) is 0.520. The van der Waals surface area contributed by atoms with Gasteiger partial charge in [-0.1, -0.05) is 19.9 Å². The largest absolute Gasteiger partial charge is 0.495 e. The van der Waals surface area contributed by atoms with Crippen LogP contribution in [-0.4, -0.2) is 41.2 Å². The lowest BCUT2D eigenvalue weighted by atomic mass is 9.76. The van der Waals surface area contributed by atoms with Crippen LogP contribution in [0.15, 0.2) is 47.4 Å². The van der Waals surface area contributed by atoms with Crippen LogP contribution in [0.5, 0.6) is 11.5 Å². The van der Waals surface area contributed by atoms with E-state index in [0.29, 0.717) is 24.7 Å². The summed E-state index contributed by atoms with van der Waals surface area (Å²) in [5.41, 5.74) is 0.936. The van der Waals surface area contributed by atoms with Gasteiger partial charge < -0.3 is 23.5 Å². The Kier molecular flexibility index (Phi) is 8.40. The SMILES string of the molecule is CCOCOCc1cc(Oc2ccc(S(=O)C(C)C)cc2)ccc1B1OC(C)(C)C(C)(C)O1. The van der Waals surface area contributed by atoms with E-state index >= 15 is 0 Å². The molecule has 180 valence electrons. The van der Waals surface area contributed by atoms with Gasteiger partial charge in [0.05, 0.1) is 28.6 Å². The first-order chi connectivity index (χ1) is 15.5. The molecule has 33 heavy (non-hydrogen) atoms. The van der Waals surface area contributed by atoms with Gasteiger partial charge in [-0.15, -0.1) is 0 Å². The maximum absolute atomic E-state index is 12.3. The molecule has 1 atom stereocenters. The van der Waals surface area contributed by atoms with E-state index in [4.69, 9.17) is 23.5 Å². The van der Waals surface area contributed by atoms with E-state index in [-0.39, 0.29) is 12.0 Å². The topological polar surface area (TPSA) is 63.2 Å². The van der Waals surface area contributed by atoms with Crippen LogP contribution in [0.25, 0.3) is 0 Å². The van der Waals surface area contributed by atoms with Gasteiger partial charge in [-0.3, -0.25) is 4.21 Å². The van der Waals surface area contributed by atoms with Gasteiger partial charge in [-0.2, -0.15) is 0 Å². The molecule has 1 aliphatic heterocycles. The summed E-state index contributed by atoms with van der Waals surface area (Å²) in [6.45, 7) is 15.1. The predicted octanol–water partition coefficient (Wildman–Crippen LogP) is 4.80. The maximum atomic E-state index is 12.3. The molecule has 1 unspecified atom stereocenters. The highest BCUT2D eigenvalue weighted by molar-refractivity contribution is 7.85. The molecule has 6 nitrogen and oxygen atoms in total. The molecule has 8 heteroatoms.